The first kappa shape index (κ1) is 23.5. The lowest BCUT2D eigenvalue weighted by atomic mass is 10.0. The summed E-state index contributed by atoms with van der Waals surface area (Å²) >= 11 is 0. The van der Waals surface area contributed by atoms with Gasteiger partial charge in [-0.1, -0.05) is 18.2 Å². The van der Waals surface area contributed by atoms with Crippen LogP contribution in [0.15, 0.2) is 60.9 Å². The van der Waals surface area contributed by atoms with Crippen LogP contribution in [-0.4, -0.2) is 32.7 Å². The molecule has 1 aliphatic heterocycles. The van der Waals surface area contributed by atoms with Crippen molar-refractivity contribution in [1.82, 2.24) is 19.5 Å². The fourth-order valence-electron chi connectivity index (χ4n) is 4.97. The van der Waals surface area contributed by atoms with E-state index >= 15 is 4.39 Å². The molecule has 0 amide bonds. The molecule has 5 aromatic rings. The highest BCUT2D eigenvalue weighted by molar-refractivity contribution is 6.08. The number of halogens is 1. The lowest BCUT2D eigenvalue weighted by Crippen LogP contribution is -2.16. The summed E-state index contributed by atoms with van der Waals surface area (Å²) in [6, 6.07) is 15.8. The van der Waals surface area contributed by atoms with E-state index in [1.807, 2.05) is 44.2 Å². The molecule has 0 spiro atoms. The van der Waals surface area contributed by atoms with Crippen LogP contribution in [0.5, 0.6) is 17.4 Å². The Balaban J connectivity index is 1.52. The SMILES string of the molecule is CCOc1c(N)cccc1N1CCn2c1c(-c1ccc(Oc3cccc(C)n3)c(F)c1)c1c(N)ncnc12. The first-order valence-electron chi connectivity index (χ1n) is 12.3. The van der Waals surface area contributed by atoms with Crippen LogP contribution in [0, 0.1) is 12.7 Å². The summed E-state index contributed by atoms with van der Waals surface area (Å²) in [5, 5.41) is 0.655. The van der Waals surface area contributed by atoms with Gasteiger partial charge in [0.1, 0.15) is 23.6 Å². The van der Waals surface area contributed by atoms with Gasteiger partial charge in [0.15, 0.2) is 17.3 Å². The number of nitrogens with zero attached hydrogens (tertiary/aromatic N) is 5. The summed E-state index contributed by atoms with van der Waals surface area (Å²) in [4.78, 5) is 15.2. The van der Waals surface area contributed by atoms with Crippen LogP contribution in [0.4, 0.5) is 27.4 Å². The molecular formula is C28H26FN7O2. The number of hydrogen-bond donors (Lipinski definition) is 2. The minimum atomic E-state index is -0.530. The van der Waals surface area contributed by atoms with E-state index in [2.05, 4.69) is 24.4 Å². The van der Waals surface area contributed by atoms with Crippen molar-refractivity contribution in [3.63, 3.8) is 0 Å². The summed E-state index contributed by atoms with van der Waals surface area (Å²) in [6.07, 6.45) is 1.44. The van der Waals surface area contributed by atoms with Crippen LogP contribution in [0.25, 0.3) is 22.2 Å². The molecule has 0 aliphatic carbocycles. The van der Waals surface area contributed by atoms with Crippen molar-refractivity contribution in [3.8, 4) is 28.5 Å². The maximum Gasteiger partial charge on any atom is 0.219 e. The third-order valence-electron chi connectivity index (χ3n) is 6.55. The van der Waals surface area contributed by atoms with E-state index in [0.717, 1.165) is 22.8 Å². The van der Waals surface area contributed by atoms with Gasteiger partial charge in [-0.2, -0.15) is 0 Å². The van der Waals surface area contributed by atoms with E-state index in [0.29, 0.717) is 59.4 Å². The molecule has 0 unspecified atom stereocenters. The van der Waals surface area contributed by atoms with Gasteiger partial charge in [0.25, 0.3) is 0 Å². The molecule has 1 aliphatic rings. The van der Waals surface area contributed by atoms with Crippen molar-refractivity contribution in [1.29, 1.82) is 0 Å². The van der Waals surface area contributed by atoms with Gasteiger partial charge in [-0.05, 0) is 49.7 Å². The van der Waals surface area contributed by atoms with Crippen LogP contribution >= 0.6 is 0 Å². The molecule has 192 valence electrons. The largest absolute Gasteiger partial charge is 0.490 e. The average Bonchev–Trinajstić information content (AvgIpc) is 3.46. The van der Waals surface area contributed by atoms with E-state index in [1.54, 1.807) is 18.2 Å². The fraction of sp³-hybridized carbons (Fsp3) is 0.179. The summed E-state index contributed by atoms with van der Waals surface area (Å²) in [7, 11) is 0. The Hall–Kier alpha value is -4.86. The molecule has 4 heterocycles. The van der Waals surface area contributed by atoms with Crippen molar-refractivity contribution in [2.45, 2.75) is 20.4 Å². The monoisotopic (exact) mass is 511 g/mol. The average molecular weight is 512 g/mol. The highest BCUT2D eigenvalue weighted by Crippen LogP contribution is 2.49. The van der Waals surface area contributed by atoms with Gasteiger partial charge >= 0.3 is 0 Å². The zero-order valence-corrected chi connectivity index (χ0v) is 21.0. The Morgan fingerprint density at radius 3 is 2.66 bits per heavy atom. The summed E-state index contributed by atoms with van der Waals surface area (Å²) in [5.41, 5.74) is 16.8. The van der Waals surface area contributed by atoms with Crippen molar-refractivity contribution in [2.24, 2.45) is 0 Å². The normalized spacial score (nSPS) is 12.7. The Morgan fingerprint density at radius 2 is 1.87 bits per heavy atom. The van der Waals surface area contributed by atoms with Crippen LogP contribution in [0.2, 0.25) is 0 Å². The van der Waals surface area contributed by atoms with Crippen molar-refractivity contribution in [2.75, 3.05) is 29.5 Å². The smallest absolute Gasteiger partial charge is 0.219 e. The minimum absolute atomic E-state index is 0.0718. The Morgan fingerprint density at radius 1 is 1.03 bits per heavy atom. The summed E-state index contributed by atoms with van der Waals surface area (Å²) in [6.45, 7) is 5.52. The molecule has 0 saturated heterocycles. The van der Waals surface area contributed by atoms with E-state index in [4.69, 9.17) is 20.9 Å². The van der Waals surface area contributed by atoms with Gasteiger partial charge in [-0.15, -0.1) is 0 Å². The topological polar surface area (TPSA) is 117 Å². The lowest BCUT2D eigenvalue weighted by Gasteiger charge is -2.23. The number of para-hydroxylation sites is 1. The molecule has 0 atom stereocenters. The van der Waals surface area contributed by atoms with E-state index in [-0.39, 0.29) is 5.75 Å². The first-order chi connectivity index (χ1) is 18.5. The van der Waals surface area contributed by atoms with Crippen LogP contribution in [0.3, 0.4) is 0 Å². The third kappa shape index (κ3) is 3.81. The van der Waals surface area contributed by atoms with Gasteiger partial charge in [0.05, 0.1) is 23.4 Å². The molecule has 10 heteroatoms. The molecule has 3 aromatic heterocycles. The predicted molar refractivity (Wildman–Crippen MR) is 145 cm³/mol. The van der Waals surface area contributed by atoms with Gasteiger partial charge in [0, 0.05) is 30.4 Å². The minimum Gasteiger partial charge on any atom is -0.490 e. The van der Waals surface area contributed by atoms with Crippen molar-refractivity contribution < 1.29 is 13.9 Å². The van der Waals surface area contributed by atoms with Crippen molar-refractivity contribution >= 4 is 34.0 Å². The predicted octanol–water partition coefficient (Wildman–Crippen LogP) is 5.45. The number of hydrogen-bond acceptors (Lipinski definition) is 8. The molecule has 0 bridgehead atoms. The Labute approximate surface area is 218 Å². The highest BCUT2D eigenvalue weighted by Gasteiger charge is 2.33. The number of pyridine rings is 1. The second kappa shape index (κ2) is 9.22. The number of nitrogen functional groups attached to an aromatic ring is 2. The molecular weight excluding hydrogens is 485 g/mol. The zero-order chi connectivity index (χ0) is 26.4. The molecule has 9 nitrogen and oxygen atoms in total. The third-order valence-corrected chi connectivity index (χ3v) is 6.55. The Bertz CT molecular complexity index is 1680. The lowest BCUT2D eigenvalue weighted by molar-refractivity contribution is 0.343. The fourth-order valence-corrected chi connectivity index (χ4v) is 4.97. The molecule has 0 radical (unpaired) electrons. The summed E-state index contributed by atoms with van der Waals surface area (Å²) in [5.74, 6) is 1.59. The maximum atomic E-state index is 15.4. The molecule has 0 saturated carbocycles. The van der Waals surface area contributed by atoms with Gasteiger partial charge in [-0.25, -0.2) is 19.3 Å². The van der Waals surface area contributed by atoms with Crippen LogP contribution < -0.4 is 25.8 Å². The maximum absolute atomic E-state index is 15.4. The number of ether oxygens (including phenoxy) is 2. The zero-order valence-electron chi connectivity index (χ0n) is 21.0. The molecule has 4 N–H and O–H groups in total. The second-order valence-corrected chi connectivity index (χ2v) is 8.95. The van der Waals surface area contributed by atoms with Gasteiger partial charge in [0.2, 0.25) is 5.88 Å². The number of rotatable bonds is 6. The number of fused-ring (bicyclic) bond motifs is 3. The standard InChI is InChI=1S/C28H26FN7O2/c1-3-37-25-19(30)7-5-8-20(25)35-12-13-36-27-24(26(31)32-15-33-27)23(28(35)36)17-10-11-21(18(29)14-17)38-22-9-4-6-16(2)34-22/h4-11,14-15H,3,12-13,30H2,1-2H3,(H2,31,32,33). The van der Waals surface area contributed by atoms with E-state index in [9.17, 15) is 0 Å². The van der Waals surface area contributed by atoms with E-state index < -0.39 is 5.82 Å². The number of nitrogens with two attached hydrogens (primary N) is 2. The quantitative estimate of drug-likeness (QED) is 0.289. The molecule has 38 heavy (non-hydrogen) atoms. The Kier molecular flexibility index (Phi) is 5.71. The number of aromatic nitrogens is 4. The molecule has 0 fully saturated rings. The van der Waals surface area contributed by atoms with Crippen LogP contribution in [-0.2, 0) is 6.54 Å². The van der Waals surface area contributed by atoms with Crippen LogP contribution in [0.1, 0.15) is 12.6 Å². The molecule has 2 aromatic carbocycles. The number of aryl methyl sites for hydroxylation is 1. The van der Waals surface area contributed by atoms with Crippen molar-refractivity contribution in [3.05, 3.63) is 72.4 Å². The second-order valence-electron chi connectivity index (χ2n) is 8.95. The van der Waals surface area contributed by atoms with E-state index in [1.165, 1.54) is 12.4 Å². The highest BCUT2D eigenvalue weighted by atomic mass is 19.1. The summed E-state index contributed by atoms with van der Waals surface area (Å²) < 4.78 is 29.2. The van der Waals surface area contributed by atoms with Gasteiger partial charge in [-0.3, -0.25) is 0 Å². The number of benzene rings is 2. The van der Waals surface area contributed by atoms with Gasteiger partial charge < -0.3 is 30.4 Å². The number of anilines is 4. The molecule has 6 rings (SSSR count). The first-order valence-corrected chi connectivity index (χ1v) is 12.3.